The highest BCUT2D eigenvalue weighted by Crippen LogP contribution is 2.25. The number of carbonyl (C=O) groups excluding carboxylic acids is 2. The average Bonchev–Trinajstić information content (AvgIpc) is 2.63. The lowest BCUT2D eigenvalue weighted by molar-refractivity contribution is -0.146. The predicted octanol–water partition coefficient (Wildman–Crippen LogP) is 4.07. The number of hydrogen-bond acceptors (Lipinski definition) is 5. The zero-order chi connectivity index (χ0) is 18.9. The van der Waals surface area contributed by atoms with Crippen LogP contribution in [0.4, 0.5) is 5.69 Å². The molecule has 0 aliphatic rings. The molecule has 0 unspecified atom stereocenters. The summed E-state index contributed by atoms with van der Waals surface area (Å²) in [4.78, 5) is 24.8. The molecule has 5 nitrogen and oxygen atoms in total. The Balaban J connectivity index is 1.77. The molecule has 1 amide bonds. The summed E-state index contributed by atoms with van der Waals surface area (Å²) in [6.45, 7) is 1.36. The Bertz CT molecular complexity index is 801. The molecule has 7 heteroatoms. The molecule has 26 heavy (non-hydrogen) atoms. The zero-order valence-electron chi connectivity index (χ0n) is 14.1. The number of nitriles is 1. The van der Waals surface area contributed by atoms with Crippen molar-refractivity contribution < 1.29 is 14.3 Å². The van der Waals surface area contributed by atoms with Gasteiger partial charge in [0, 0.05) is 15.6 Å². The number of carbonyl (C=O) groups is 2. The van der Waals surface area contributed by atoms with Crippen LogP contribution in [0.5, 0.6) is 0 Å². The van der Waals surface area contributed by atoms with E-state index in [9.17, 15) is 9.59 Å². The molecular formula is C19H17ClN2O3S. The summed E-state index contributed by atoms with van der Waals surface area (Å²) in [6.07, 6.45) is 0.314. The van der Waals surface area contributed by atoms with Crippen LogP contribution in [0.2, 0.25) is 5.02 Å². The largest absolute Gasteiger partial charge is 0.455 e. The summed E-state index contributed by atoms with van der Waals surface area (Å²) < 4.78 is 5.06. The molecule has 0 saturated carbocycles. The standard InChI is InChI=1S/C19H17ClN2O3S/c1-13(26-17-8-4-15(20)5-9-17)19(24)25-12-18(23)22-16-6-2-14(3-7-16)10-11-21/h2-9,13H,10,12H2,1H3,(H,22,23)/t13-/m1/s1. The maximum absolute atomic E-state index is 12.0. The van der Waals surface area contributed by atoms with E-state index in [0.717, 1.165) is 10.5 Å². The van der Waals surface area contributed by atoms with E-state index in [0.29, 0.717) is 17.1 Å². The van der Waals surface area contributed by atoms with E-state index in [1.807, 2.05) is 12.1 Å². The Morgan fingerprint density at radius 2 is 1.85 bits per heavy atom. The van der Waals surface area contributed by atoms with Crippen LogP contribution < -0.4 is 5.32 Å². The van der Waals surface area contributed by atoms with Crippen molar-refractivity contribution in [3.8, 4) is 6.07 Å². The van der Waals surface area contributed by atoms with Crippen molar-refractivity contribution in [3.63, 3.8) is 0 Å². The Morgan fingerprint density at radius 3 is 2.46 bits per heavy atom. The van der Waals surface area contributed by atoms with Gasteiger partial charge >= 0.3 is 5.97 Å². The predicted molar refractivity (Wildman–Crippen MR) is 102 cm³/mol. The first kappa shape index (κ1) is 19.8. The van der Waals surface area contributed by atoms with Gasteiger partial charge in [-0.15, -0.1) is 11.8 Å². The van der Waals surface area contributed by atoms with Crippen molar-refractivity contribution in [1.82, 2.24) is 0 Å². The molecule has 2 aromatic rings. The van der Waals surface area contributed by atoms with Crippen LogP contribution in [-0.4, -0.2) is 23.7 Å². The Hall–Kier alpha value is -2.49. The van der Waals surface area contributed by atoms with Crippen LogP contribution in [0.25, 0.3) is 0 Å². The van der Waals surface area contributed by atoms with Crippen molar-refractivity contribution in [2.75, 3.05) is 11.9 Å². The molecule has 1 N–H and O–H groups in total. The topological polar surface area (TPSA) is 79.2 Å². The molecule has 0 saturated heterocycles. The van der Waals surface area contributed by atoms with Crippen LogP contribution in [0, 0.1) is 11.3 Å². The van der Waals surface area contributed by atoms with Crippen LogP contribution in [0.1, 0.15) is 12.5 Å². The van der Waals surface area contributed by atoms with Crippen molar-refractivity contribution in [2.45, 2.75) is 23.5 Å². The van der Waals surface area contributed by atoms with Gasteiger partial charge in [0.25, 0.3) is 5.91 Å². The van der Waals surface area contributed by atoms with E-state index in [4.69, 9.17) is 21.6 Å². The molecule has 0 aliphatic carbocycles. The summed E-state index contributed by atoms with van der Waals surface area (Å²) in [5.74, 6) is -0.889. The van der Waals surface area contributed by atoms with E-state index in [-0.39, 0.29) is 6.61 Å². The van der Waals surface area contributed by atoms with Gasteiger partial charge < -0.3 is 10.1 Å². The molecule has 0 fully saturated rings. The first-order valence-electron chi connectivity index (χ1n) is 7.82. The molecule has 0 bridgehead atoms. The van der Waals surface area contributed by atoms with Gasteiger partial charge in [-0.3, -0.25) is 9.59 Å². The molecule has 0 radical (unpaired) electrons. The highest BCUT2D eigenvalue weighted by molar-refractivity contribution is 8.00. The lowest BCUT2D eigenvalue weighted by Crippen LogP contribution is -2.24. The molecule has 2 aromatic carbocycles. The third kappa shape index (κ3) is 6.43. The fourth-order valence-corrected chi connectivity index (χ4v) is 3.01. The lowest BCUT2D eigenvalue weighted by atomic mass is 10.1. The SMILES string of the molecule is C[C@@H](Sc1ccc(Cl)cc1)C(=O)OCC(=O)Nc1ccc(CC#N)cc1. The Kier molecular flexibility index (Phi) is 7.52. The number of nitrogens with zero attached hydrogens (tertiary/aromatic N) is 1. The Labute approximate surface area is 161 Å². The van der Waals surface area contributed by atoms with Crippen molar-refractivity contribution in [1.29, 1.82) is 5.26 Å². The number of benzene rings is 2. The van der Waals surface area contributed by atoms with Crippen molar-refractivity contribution in [3.05, 3.63) is 59.1 Å². The molecule has 2 rings (SSSR count). The van der Waals surface area contributed by atoms with Gasteiger partial charge in [-0.25, -0.2) is 0 Å². The number of esters is 1. The van der Waals surface area contributed by atoms with Crippen molar-refractivity contribution >= 4 is 40.9 Å². The van der Waals surface area contributed by atoms with Crippen LogP contribution >= 0.6 is 23.4 Å². The van der Waals surface area contributed by atoms with Gasteiger partial charge in [0.05, 0.1) is 12.5 Å². The fraction of sp³-hybridized carbons (Fsp3) is 0.211. The number of rotatable bonds is 7. The Morgan fingerprint density at radius 1 is 1.19 bits per heavy atom. The summed E-state index contributed by atoms with van der Waals surface area (Å²) in [6, 6.07) is 16.1. The van der Waals surface area contributed by atoms with Gasteiger partial charge in [0.15, 0.2) is 6.61 Å². The summed E-state index contributed by atoms with van der Waals surface area (Å²) >= 11 is 7.16. The fourth-order valence-electron chi connectivity index (χ4n) is 2.01. The zero-order valence-corrected chi connectivity index (χ0v) is 15.6. The van der Waals surface area contributed by atoms with Crippen molar-refractivity contribution in [2.24, 2.45) is 0 Å². The molecular weight excluding hydrogens is 372 g/mol. The second kappa shape index (κ2) is 9.85. The summed E-state index contributed by atoms with van der Waals surface area (Å²) in [7, 11) is 0. The first-order chi connectivity index (χ1) is 12.5. The van der Waals surface area contributed by atoms with E-state index < -0.39 is 17.1 Å². The van der Waals surface area contributed by atoms with E-state index >= 15 is 0 Å². The maximum atomic E-state index is 12.0. The first-order valence-corrected chi connectivity index (χ1v) is 9.08. The smallest absolute Gasteiger partial charge is 0.319 e. The molecule has 134 valence electrons. The van der Waals surface area contributed by atoms with Crippen LogP contribution in [0.3, 0.4) is 0 Å². The summed E-state index contributed by atoms with van der Waals surface area (Å²) in [5, 5.41) is 11.4. The number of nitrogens with one attached hydrogen (secondary N) is 1. The maximum Gasteiger partial charge on any atom is 0.319 e. The molecule has 1 atom stereocenters. The minimum atomic E-state index is -0.468. The van der Waals surface area contributed by atoms with Gasteiger partial charge in [-0.2, -0.15) is 5.26 Å². The molecule has 0 spiro atoms. The number of halogens is 1. The number of anilines is 1. The monoisotopic (exact) mass is 388 g/mol. The van der Waals surface area contributed by atoms with Gasteiger partial charge in [0.1, 0.15) is 5.25 Å². The second-order valence-electron chi connectivity index (χ2n) is 5.40. The quantitative estimate of drug-likeness (QED) is 0.571. The number of ether oxygens (including phenoxy) is 1. The van der Waals surface area contributed by atoms with Crippen LogP contribution in [0.15, 0.2) is 53.4 Å². The van der Waals surface area contributed by atoms with Gasteiger partial charge in [0.2, 0.25) is 0 Å². The third-order valence-electron chi connectivity index (χ3n) is 3.32. The van der Waals surface area contributed by atoms with E-state index in [1.165, 1.54) is 11.8 Å². The van der Waals surface area contributed by atoms with E-state index in [1.54, 1.807) is 43.3 Å². The number of hydrogen-bond donors (Lipinski definition) is 1. The average molecular weight is 389 g/mol. The van der Waals surface area contributed by atoms with Crippen LogP contribution in [-0.2, 0) is 20.7 Å². The normalized spacial score (nSPS) is 11.3. The number of amides is 1. The summed E-state index contributed by atoms with van der Waals surface area (Å²) in [5.41, 5.74) is 1.45. The molecule has 0 aromatic heterocycles. The van der Waals surface area contributed by atoms with Gasteiger partial charge in [-0.05, 0) is 48.9 Å². The second-order valence-corrected chi connectivity index (χ2v) is 7.25. The highest BCUT2D eigenvalue weighted by Gasteiger charge is 2.17. The van der Waals surface area contributed by atoms with Gasteiger partial charge in [-0.1, -0.05) is 23.7 Å². The highest BCUT2D eigenvalue weighted by atomic mass is 35.5. The number of thioether (sulfide) groups is 1. The minimum Gasteiger partial charge on any atom is -0.455 e. The van der Waals surface area contributed by atoms with E-state index in [2.05, 4.69) is 11.4 Å². The molecule has 0 heterocycles. The minimum absolute atomic E-state index is 0.314. The third-order valence-corrected chi connectivity index (χ3v) is 4.67. The lowest BCUT2D eigenvalue weighted by Gasteiger charge is -2.11. The molecule has 0 aliphatic heterocycles.